The van der Waals surface area contributed by atoms with Crippen molar-refractivity contribution in [1.82, 2.24) is 0 Å². The zero-order chi connectivity index (χ0) is 17.4. The molecular weight excluding hydrogens is 327 g/mol. The van der Waals surface area contributed by atoms with Crippen molar-refractivity contribution < 1.29 is 41.0 Å². The maximum absolute atomic E-state index is 13.4. The van der Waals surface area contributed by atoms with Crippen LogP contribution in [0, 0.1) is 29.1 Å². The first-order chi connectivity index (χ1) is 10.6. The second-order valence-electron chi connectivity index (χ2n) is 5.32. The van der Waals surface area contributed by atoms with E-state index in [4.69, 9.17) is 9.47 Å². The molecule has 1 unspecified atom stereocenters. The van der Waals surface area contributed by atoms with Gasteiger partial charge in [-0.3, -0.25) is 0 Å². The van der Waals surface area contributed by atoms with Crippen molar-refractivity contribution in [3.63, 3.8) is 0 Å². The summed E-state index contributed by atoms with van der Waals surface area (Å²) >= 11 is 0. The first kappa shape index (κ1) is 17.6. The number of carbonyl (C=O) groups is 1. The van der Waals surface area contributed by atoms with Gasteiger partial charge in [0.15, 0.2) is 29.1 Å². The molecule has 128 valence electrons. The van der Waals surface area contributed by atoms with Gasteiger partial charge in [0.2, 0.25) is 5.82 Å². The van der Waals surface area contributed by atoms with Crippen LogP contribution in [0.5, 0.6) is 0 Å². The number of ether oxygens (including phenoxy) is 3. The molecule has 1 aliphatic rings. The van der Waals surface area contributed by atoms with Crippen molar-refractivity contribution in [3.05, 3.63) is 34.6 Å². The summed E-state index contributed by atoms with van der Waals surface area (Å²) in [5, 5.41) is 0. The van der Waals surface area contributed by atoms with Gasteiger partial charge in [0.25, 0.3) is 0 Å². The minimum Gasteiger partial charge on any atom is -0.462 e. The van der Waals surface area contributed by atoms with Crippen LogP contribution in [0.1, 0.15) is 30.6 Å². The molecule has 1 saturated heterocycles. The zero-order valence-electron chi connectivity index (χ0n) is 12.2. The summed E-state index contributed by atoms with van der Waals surface area (Å²) in [6.07, 6.45) is -0.265. The number of hydrogen-bond donors (Lipinski definition) is 0. The highest BCUT2D eigenvalue weighted by Crippen LogP contribution is 2.25. The van der Waals surface area contributed by atoms with Crippen LogP contribution in [0.15, 0.2) is 0 Å². The Morgan fingerprint density at radius 2 is 1.61 bits per heavy atom. The van der Waals surface area contributed by atoms with Crippen molar-refractivity contribution in [2.24, 2.45) is 0 Å². The summed E-state index contributed by atoms with van der Waals surface area (Å²) in [6, 6.07) is 0. The molecule has 0 saturated carbocycles. The molecule has 1 aliphatic heterocycles. The van der Waals surface area contributed by atoms with E-state index in [2.05, 4.69) is 4.74 Å². The van der Waals surface area contributed by atoms with Crippen molar-refractivity contribution in [1.29, 1.82) is 0 Å². The fraction of sp³-hybridized carbons (Fsp3) is 0.500. The number of rotatable bonds is 4. The first-order valence-corrected chi connectivity index (χ1v) is 6.64. The van der Waals surface area contributed by atoms with Gasteiger partial charge in [-0.15, -0.1) is 0 Å². The van der Waals surface area contributed by atoms with E-state index in [9.17, 15) is 26.7 Å². The van der Waals surface area contributed by atoms with Gasteiger partial charge in [0.05, 0.1) is 19.3 Å². The predicted molar refractivity (Wildman–Crippen MR) is 66.0 cm³/mol. The van der Waals surface area contributed by atoms with E-state index in [0.717, 1.165) is 0 Å². The molecule has 0 radical (unpaired) electrons. The molecule has 1 aromatic carbocycles. The topological polar surface area (TPSA) is 44.8 Å². The van der Waals surface area contributed by atoms with Crippen molar-refractivity contribution in [2.75, 3.05) is 13.2 Å². The monoisotopic (exact) mass is 340 g/mol. The van der Waals surface area contributed by atoms with Crippen LogP contribution in [0.3, 0.4) is 0 Å². The lowest BCUT2D eigenvalue weighted by molar-refractivity contribution is -0.139. The SMILES string of the molecule is CC1(C)OCC(CCOC(=O)c2c(F)c(F)c(F)c(F)c2F)O1. The number of esters is 1. The lowest BCUT2D eigenvalue weighted by Gasteiger charge is -2.17. The molecule has 4 nitrogen and oxygen atoms in total. The summed E-state index contributed by atoms with van der Waals surface area (Å²) in [4.78, 5) is 11.6. The second kappa shape index (κ2) is 6.40. The zero-order valence-corrected chi connectivity index (χ0v) is 12.2. The minimum atomic E-state index is -2.34. The van der Waals surface area contributed by atoms with Crippen LogP contribution in [0.2, 0.25) is 0 Å². The summed E-state index contributed by atoms with van der Waals surface area (Å²) < 4.78 is 81.0. The maximum Gasteiger partial charge on any atom is 0.344 e. The van der Waals surface area contributed by atoms with E-state index >= 15 is 0 Å². The molecule has 1 heterocycles. The summed E-state index contributed by atoms with van der Waals surface area (Å²) in [5.41, 5.74) is -1.62. The predicted octanol–water partition coefficient (Wildman–Crippen LogP) is 3.08. The first-order valence-electron chi connectivity index (χ1n) is 6.64. The molecule has 9 heteroatoms. The standard InChI is InChI=1S/C14H13F5O4/c1-14(2)22-5-6(23-14)3-4-21-13(20)7-8(15)10(17)12(19)11(18)9(7)16/h6H,3-5H2,1-2H3. The second-order valence-corrected chi connectivity index (χ2v) is 5.32. The average molecular weight is 340 g/mol. The van der Waals surface area contributed by atoms with Crippen LogP contribution >= 0.6 is 0 Å². The molecule has 23 heavy (non-hydrogen) atoms. The van der Waals surface area contributed by atoms with E-state index < -0.39 is 52.5 Å². The van der Waals surface area contributed by atoms with E-state index in [0.29, 0.717) is 0 Å². The number of halogens is 5. The van der Waals surface area contributed by atoms with Gasteiger partial charge in [0.1, 0.15) is 5.56 Å². The number of hydrogen-bond acceptors (Lipinski definition) is 4. The molecule has 2 rings (SSSR count). The number of carbonyl (C=O) groups excluding carboxylic acids is 1. The van der Waals surface area contributed by atoms with E-state index in [1.165, 1.54) is 0 Å². The largest absolute Gasteiger partial charge is 0.462 e. The molecule has 1 fully saturated rings. The fourth-order valence-electron chi connectivity index (χ4n) is 2.04. The average Bonchev–Trinajstić information content (AvgIpc) is 2.82. The molecule has 0 N–H and O–H groups in total. The van der Waals surface area contributed by atoms with Gasteiger partial charge in [0, 0.05) is 6.42 Å². The van der Waals surface area contributed by atoms with Gasteiger partial charge in [-0.1, -0.05) is 0 Å². The Bertz CT molecular complexity index is 603. The maximum atomic E-state index is 13.4. The van der Waals surface area contributed by atoms with Crippen LogP contribution in [0.25, 0.3) is 0 Å². The Labute approximate surface area is 128 Å². The lowest BCUT2D eigenvalue weighted by Crippen LogP contribution is -2.23. The molecule has 0 spiro atoms. The van der Waals surface area contributed by atoms with Gasteiger partial charge < -0.3 is 14.2 Å². The van der Waals surface area contributed by atoms with Gasteiger partial charge >= 0.3 is 5.97 Å². The Morgan fingerprint density at radius 3 is 2.09 bits per heavy atom. The molecule has 1 atom stereocenters. The van der Waals surface area contributed by atoms with Crippen LogP contribution < -0.4 is 0 Å². The van der Waals surface area contributed by atoms with Crippen molar-refractivity contribution in [2.45, 2.75) is 32.2 Å². The van der Waals surface area contributed by atoms with Crippen LogP contribution in [0.4, 0.5) is 22.0 Å². The Balaban J connectivity index is 2.02. The third-order valence-corrected chi connectivity index (χ3v) is 3.15. The molecule has 0 aliphatic carbocycles. The Hall–Kier alpha value is -1.74. The normalized spacial score (nSPS) is 19.9. The minimum absolute atomic E-state index is 0.143. The summed E-state index contributed by atoms with van der Waals surface area (Å²) in [5.74, 6) is -13.6. The van der Waals surface area contributed by atoms with E-state index in [1.807, 2.05) is 0 Å². The highest BCUT2D eigenvalue weighted by Gasteiger charge is 2.33. The van der Waals surface area contributed by atoms with E-state index in [1.54, 1.807) is 13.8 Å². The summed E-state index contributed by atoms with van der Waals surface area (Å²) in [6.45, 7) is 3.25. The van der Waals surface area contributed by atoms with Gasteiger partial charge in [-0.05, 0) is 13.8 Å². The molecular formula is C14H13F5O4. The van der Waals surface area contributed by atoms with Crippen LogP contribution in [-0.4, -0.2) is 31.1 Å². The molecule has 0 amide bonds. The third-order valence-electron chi connectivity index (χ3n) is 3.15. The Kier molecular flexibility index (Phi) is 4.90. The Morgan fingerprint density at radius 1 is 1.09 bits per heavy atom. The lowest BCUT2D eigenvalue weighted by atomic mass is 10.1. The highest BCUT2D eigenvalue weighted by atomic mass is 19.2. The molecule has 0 bridgehead atoms. The molecule has 0 aromatic heterocycles. The van der Waals surface area contributed by atoms with E-state index in [-0.39, 0.29) is 19.6 Å². The van der Waals surface area contributed by atoms with Crippen molar-refractivity contribution >= 4 is 5.97 Å². The highest BCUT2D eigenvalue weighted by molar-refractivity contribution is 5.90. The van der Waals surface area contributed by atoms with Crippen molar-refractivity contribution in [3.8, 4) is 0 Å². The smallest absolute Gasteiger partial charge is 0.344 e. The quantitative estimate of drug-likeness (QED) is 0.366. The van der Waals surface area contributed by atoms with Gasteiger partial charge in [-0.25, -0.2) is 26.7 Å². The molecule has 1 aromatic rings. The third kappa shape index (κ3) is 3.61. The van der Waals surface area contributed by atoms with Crippen LogP contribution in [-0.2, 0) is 14.2 Å². The summed E-state index contributed by atoms with van der Waals surface area (Å²) in [7, 11) is 0. The number of benzene rings is 1. The fourth-order valence-corrected chi connectivity index (χ4v) is 2.04. The van der Waals surface area contributed by atoms with Gasteiger partial charge in [-0.2, -0.15) is 0 Å².